The van der Waals surface area contributed by atoms with Crippen molar-refractivity contribution >= 4 is 11.4 Å². The largest absolute Gasteiger partial charge is 0.495 e. The Kier molecular flexibility index (Phi) is 3.44. The molecule has 1 heterocycles. The van der Waals surface area contributed by atoms with Crippen molar-refractivity contribution in [2.24, 2.45) is 0 Å². The van der Waals surface area contributed by atoms with Gasteiger partial charge in [-0.25, -0.2) is 0 Å². The highest BCUT2D eigenvalue weighted by Gasteiger charge is 2.05. The number of aromatic nitrogens is 2. The fourth-order valence-corrected chi connectivity index (χ4v) is 1.49. The molecule has 0 aliphatic rings. The van der Waals surface area contributed by atoms with Crippen LogP contribution in [-0.4, -0.2) is 23.8 Å². The van der Waals surface area contributed by atoms with Crippen molar-refractivity contribution in [3.8, 4) is 5.75 Å². The molecular weight excluding hydrogens is 220 g/mol. The molecule has 1 aromatic carbocycles. The van der Waals surface area contributed by atoms with Crippen molar-refractivity contribution in [3.63, 3.8) is 0 Å². The van der Waals surface area contributed by atoms with Gasteiger partial charge in [0.05, 0.1) is 18.5 Å². The van der Waals surface area contributed by atoms with Crippen LogP contribution in [-0.2, 0) is 6.42 Å². The maximum atomic E-state index is 5.91. The summed E-state index contributed by atoms with van der Waals surface area (Å²) in [4.78, 5) is 3.93. The Morgan fingerprint density at radius 1 is 1.47 bits per heavy atom. The highest BCUT2D eigenvalue weighted by molar-refractivity contribution is 5.72. The van der Waals surface area contributed by atoms with Crippen molar-refractivity contribution in [1.82, 2.24) is 10.1 Å². The number of hydrogen-bond acceptors (Lipinski definition) is 6. The topological polar surface area (TPSA) is 86.2 Å². The monoisotopic (exact) mass is 234 g/mol. The van der Waals surface area contributed by atoms with Gasteiger partial charge < -0.3 is 20.3 Å². The molecule has 90 valence electrons. The van der Waals surface area contributed by atoms with Gasteiger partial charge in [-0.2, -0.15) is 4.98 Å². The molecule has 0 aliphatic heterocycles. The highest BCUT2D eigenvalue weighted by atomic mass is 16.5. The number of rotatable bonds is 5. The lowest BCUT2D eigenvalue weighted by atomic mass is 10.2. The summed E-state index contributed by atoms with van der Waals surface area (Å²) < 4.78 is 10.0. The van der Waals surface area contributed by atoms with Crippen LogP contribution in [0.1, 0.15) is 5.89 Å². The van der Waals surface area contributed by atoms with E-state index in [2.05, 4.69) is 15.5 Å². The molecule has 0 aliphatic carbocycles. The lowest BCUT2D eigenvalue weighted by molar-refractivity contribution is 0.380. The van der Waals surface area contributed by atoms with E-state index in [0.717, 1.165) is 5.69 Å². The summed E-state index contributed by atoms with van der Waals surface area (Å²) in [5.41, 5.74) is 7.35. The summed E-state index contributed by atoms with van der Waals surface area (Å²) in [7, 11) is 1.59. The molecule has 0 amide bonds. The number of methoxy groups -OCH3 is 1. The van der Waals surface area contributed by atoms with Crippen molar-refractivity contribution < 1.29 is 9.26 Å². The van der Waals surface area contributed by atoms with Gasteiger partial charge in [-0.1, -0.05) is 11.2 Å². The van der Waals surface area contributed by atoms with Gasteiger partial charge in [-0.05, 0) is 12.1 Å². The molecule has 1 aromatic heterocycles. The quantitative estimate of drug-likeness (QED) is 0.759. The molecule has 0 spiro atoms. The first-order valence-electron chi connectivity index (χ1n) is 5.23. The van der Waals surface area contributed by atoms with Gasteiger partial charge in [0.25, 0.3) is 0 Å². The van der Waals surface area contributed by atoms with Gasteiger partial charge in [0.2, 0.25) is 5.89 Å². The van der Waals surface area contributed by atoms with Crippen molar-refractivity contribution in [2.45, 2.75) is 6.42 Å². The molecule has 6 nitrogen and oxygen atoms in total. The fraction of sp³-hybridized carbons (Fsp3) is 0.273. The first kappa shape index (κ1) is 11.3. The normalized spacial score (nSPS) is 10.2. The molecule has 0 saturated heterocycles. The van der Waals surface area contributed by atoms with E-state index in [1.165, 1.54) is 6.33 Å². The van der Waals surface area contributed by atoms with Crippen molar-refractivity contribution in [2.75, 3.05) is 24.7 Å². The number of nitrogens with one attached hydrogen (secondary N) is 1. The third kappa shape index (κ3) is 2.66. The number of para-hydroxylation sites is 1. The van der Waals surface area contributed by atoms with E-state index in [-0.39, 0.29) is 0 Å². The standard InChI is InChI=1S/C11H14N4O2/c1-16-9-4-2-3-8(11(9)12)13-6-5-10-14-7-15-17-10/h2-4,7,13H,5-6,12H2,1H3. The zero-order valence-corrected chi connectivity index (χ0v) is 9.51. The Hall–Kier alpha value is -2.24. The second kappa shape index (κ2) is 5.20. The minimum absolute atomic E-state index is 0.596. The lowest BCUT2D eigenvalue weighted by Gasteiger charge is -2.11. The SMILES string of the molecule is COc1cccc(NCCc2ncno2)c1N. The Morgan fingerprint density at radius 3 is 3.06 bits per heavy atom. The van der Waals surface area contributed by atoms with Crippen LogP contribution in [0.5, 0.6) is 5.75 Å². The molecule has 0 fully saturated rings. The molecule has 2 aromatic rings. The van der Waals surface area contributed by atoms with Crippen LogP contribution in [0.25, 0.3) is 0 Å². The average Bonchev–Trinajstić information content (AvgIpc) is 2.84. The number of hydrogen-bond donors (Lipinski definition) is 2. The second-order valence-corrected chi connectivity index (χ2v) is 3.43. The van der Waals surface area contributed by atoms with Crippen LogP contribution in [0.2, 0.25) is 0 Å². The van der Waals surface area contributed by atoms with E-state index in [1.54, 1.807) is 7.11 Å². The van der Waals surface area contributed by atoms with Gasteiger partial charge in [0, 0.05) is 13.0 Å². The zero-order valence-electron chi connectivity index (χ0n) is 9.51. The minimum Gasteiger partial charge on any atom is -0.495 e. The number of ether oxygens (including phenoxy) is 1. The van der Waals surface area contributed by atoms with Gasteiger partial charge >= 0.3 is 0 Å². The summed E-state index contributed by atoms with van der Waals surface area (Å²) in [6, 6.07) is 5.59. The predicted molar refractivity (Wildman–Crippen MR) is 63.9 cm³/mol. The van der Waals surface area contributed by atoms with E-state index in [1.807, 2.05) is 18.2 Å². The molecule has 6 heteroatoms. The van der Waals surface area contributed by atoms with Crippen LogP contribution in [0.4, 0.5) is 11.4 Å². The summed E-state index contributed by atoms with van der Waals surface area (Å²) in [6.45, 7) is 0.666. The van der Waals surface area contributed by atoms with E-state index in [0.29, 0.717) is 30.3 Å². The zero-order chi connectivity index (χ0) is 12.1. The number of nitrogens with zero attached hydrogens (tertiary/aromatic N) is 2. The molecule has 17 heavy (non-hydrogen) atoms. The van der Waals surface area contributed by atoms with Crippen LogP contribution in [0, 0.1) is 0 Å². The molecule has 0 radical (unpaired) electrons. The first-order valence-corrected chi connectivity index (χ1v) is 5.23. The van der Waals surface area contributed by atoms with Crippen LogP contribution in [0.3, 0.4) is 0 Å². The number of nitrogens with two attached hydrogens (primary N) is 1. The molecule has 0 atom stereocenters. The van der Waals surface area contributed by atoms with Crippen molar-refractivity contribution in [1.29, 1.82) is 0 Å². The van der Waals surface area contributed by atoms with E-state index < -0.39 is 0 Å². The Balaban J connectivity index is 1.95. The molecule has 2 rings (SSSR count). The van der Waals surface area contributed by atoms with Gasteiger partial charge in [-0.3, -0.25) is 0 Å². The van der Waals surface area contributed by atoms with E-state index >= 15 is 0 Å². The Morgan fingerprint density at radius 2 is 2.35 bits per heavy atom. The van der Waals surface area contributed by atoms with Crippen LogP contribution >= 0.6 is 0 Å². The van der Waals surface area contributed by atoms with Gasteiger partial charge in [-0.15, -0.1) is 0 Å². The molecule has 0 saturated carbocycles. The number of anilines is 2. The second-order valence-electron chi connectivity index (χ2n) is 3.43. The van der Waals surface area contributed by atoms with Gasteiger partial charge in [0.1, 0.15) is 5.75 Å². The van der Waals surface area contributed by atoms with Crippen molar-refractivity contribution in [3.05, 3.63) is 30.4 Å². The minimum atomic E-state index is 0.596. The fourth-order valence-electron chi connectivity index (χ4n) is 1.49. The third-order valence-corrected chi connectivity index (χ3v) is 2.35. The maximum Gasteiger partial charge on any atom is 0.228 e. The van der Waals surface area contributed by atoms with Gasteiger partial charge in [0.15, 0.2) is 6.33 Å². The summed E-state index contributed by atoms with van der Waals surface area (Å²) >= 11 is 0. The number of benzene rings is 1. The Labute approximate surface area is 98.8 Å². The first-order chi connectivity index (χ1) is 8.31. The van der Waals surface area contributed by atoms with Crippen LogP contribution in [0.15, 0.2) is 29.0 Å². The molecular formula is C11H14N4O2. The molecule has 0 bridgehead atoms. The highest BCUT2D eigenvalue weighted by Crippen LogP contribution is 2.28. The third-order valence-electron chi connectivity index (χ3n) is 2.35. The number of nitrogen functional groups attached to an aromatic ring is 1. The lowest BCUT2D eigenvalue weighted by Crippen LogP contribution is -2.07. The van der Waals surface area contributed by atoms with E-state index in [9.17, 15) is 0 Å². The smallest absolute Gasteiger partial charge is 0.228 e. The summed E-state index contributed by atoms with van der Waals surface area (Å²) in [5.74, 6) is 1.26. The summed E-state index contributed by atoms with van der Waals surface area (Å²) in [6.07, 6.45) is 2.03. The predicted octanol–water partition coefficient (Wildman–Crippen LogP) is 1.31. The molecule has 3 N–H and O–H groups in total. The Bertz CT molecular complexity index is 470. The van der Waals surface area contributed by atoms with E-state index in [4.69, 9.17) is 15.0 Å². The molecule has 0 unspecified atom stereocenters. The average molecular weight is 234 g/mol. The maximum absolute atomic E-state index is 5.91. The van der Waals surface area contributed by atoms with Crippen LogP contribution < -0.4 is 15.8 Å². The summed E-state index contributed by atoms with van der Waals surface area (Å²) in [5, 5.41) is 6.73.